The molecule has 1 aromatic carbocycles. The van der Waals surface area contributed by atoms with Crippen molar-refractivity contribution in [2.75, 3.05) is 5.75 Å². The summed E-state index contributed by atoms with van der Waals surface area (Å²) < 4.78 is 0.830. The Morgan fingerprint density at radius 2 is 2.14 bits per heavy atom. The summed E-state index contributed by atoms with van der Waals surface area (Å²) in [6.07, 6.45) is 0. The van der Waals surface area contributed by atoms with Gasteiger partial charge in [0.2, 0.25) is 0 Å². The number of amidine groups is 1. The zero-order valence-corrected chi connectivity index (χ0v) is 9.20. The third kappa shape index (κ3) is 2.56. The van der Waals surface area contributed by atoms with Crippen molar-refractivity contribution in [3.63, 3.8) is 0 Å². The molecule has 0 saturated carbocycles. The van der Waals surface area contributed by atoms with Gasteiger partial charge in [-0.15, -0.1) is 0 Å². The molecule has 1 aliphatic rings. The molecule has 0 unspecified atom stereocenters. The Morgan fingerprint density at radius 1 is 1.36 bits per heavy atom. The Morgan fingerprint density at radius 3 is 2.79 bits per heavy atom. The number of nitrogens with zero attached hydrogens (tertiary/aromatic N) is 1. The summed E-state index contributed by atoms with van der Waals surface area (Å²) in [5, 5.41) is 3.07. The van der Waals surface area contributed by atoms with Crippen molar-refractivity contribution >= 4 is 34.1 Å². The smallest absolute Gasteiger partial charge is 0.139 e. The SMILES string of the molecule is S=C1NC(=NCc2ccccc2)CS1. The third-order valence-electron chi connectivity index (χ3n) is 1.88. The quantitative estimate of drug-likeness (QED) is 0.776. The summed E-state index contributed by atoms with van der Waals surface area (Å²) in [6.45, 7) is 0.729. The van der Waals surface area contributed by atoms with Crippen LogP contribution >= 0.6 is 24.0 Å². The van der Waals surface area contributed by atoms with Gasteiger partial charge >= 0.3 is 0 Å². The minimum absolute atomic E-state index is 0.729. The molecule has 72 valence electrons. The number of hydrogen-bond donors (Lipinski definition) is 1. The molecule has 0 radical (unpaired) electrons. The molecule has 0 bridgehead atoms. The molecule has 1 aliphatic heterocycles. The fourth-order valence-corrected chi connectivity index (χ4v) is 2.10. The molecular formula is C10H10N2S2. The Bertz CT molecular complexity index is 360. The van der Waals surface area contributed by atoms with Crippen molar-refractivity contribution in [3.8, 4) is 0 Å². The molecule has 1 aromatic rings. The van der Waals surface area contributed by atoms with E-state index in [1.54, 1.807) is 11.8 Å². The molecule has 2 rings (SSSR count). The van der Waals surface area contributed by atoms with Crippen molar-refractivity contribution in [2.24, 2.45) is 4.99 Å². The highest BCUT2D eigenvalue weighted by atomic mass is 32.2. The summed E-state index contributed by atoms with van der Waals surface area (Å²) in [5.74, 6) is 1.87. The number of nitrogens with one attached hydrogen (secondary N) is 1. The van der Waals surface area contributed by atoms with Crippen LogP contribution in [0.15, 0.2) is 35.3 Å². The van der Waals surface area contributed by atoms with Gasteiger partial charge in [0.1, 0.15) is 10.2 Å². The normalized spacial score (nSPS) is 18.6. The zero-order valence-electron chi connectivity index (χ0n) is 7.56. The first-order chi connectivity index (χ1) is 6.84. The predicted octanol–water partition coefficient (Wildman–Crippen LogP) is 2.21. The van der Waals surface area contributed by atoms with Crippen LogP contribution in [0.4, 0.5) is 0 Å². The van der Waals surface area contributed by atoms with Gasteiger partial charge in [-0.25, -0.2) is 0 Å². The van der Waals surface area contributed by atoms with E-state index in [1.165, 1.54) is 5.56 Å². The second-order valence-corrected chi connectivity index (χ2v) is 4.60. The zero-order chi connectivity index (χ0) is 9.80. The van der Waals surface area contributed by atoms with Gasteiger partial charge in [0.25, 0.3) is 0 Å². The topological polar surface area (TPSA) is 24.4 Å². The van der Waals surface area contributed by atoms with E-state index in [1.807, 2.05) is 18.2 Å². The van der Waals surface area contributed by atoms with Gasteiger partial charge in [0.05, 0.1) is 12.3 Å². The molecule has 1 saturated heterocycles. The molecule has 1 heterocycles. The van der Waals surface area contributed by atoms with Gasteiger partial charge in [0, 0.05) is 0 Å². The average molecular weight is 222 g/mol. The van der Waals surface area contributed by atoms with E-state index < -0.39 is 0 Å². The van der Waals surface area contributed by atoms with Gasteiger partial charge in [-0.2, -0.15) is 0 Å². The lowest BCUT2D eigenvalue weighted by Gasteiger charge is -1.97. The monoisotopic (exact) mass is 222 g/mol. The van der Waals surface area contributed by atoms with Crippen LogP contribution in [0.2, 0.25) is 0 Å². The fraction of sp³-hybridized carbons (Fsp3) is 0.200. The van der Waals surface area contributed by atoms with Crippen LogP contribution in [0.1, 0.15) is 5.56 Å². The van der Waals surface area contributed by atoms with Crippen LogP contribution in [0.25, 0.3) is 0 Å². The second-order valence-electron chi connectivity index (χ2n) is 2.95. The van der Waals surface area contributed by atoms with Crippen LogP contribution in [0.5, 0.6) is 0 Å². The molecule has 4 heteroatoms. The van der Waals surface area contributed by atoms with Crippen molar-refractivity contribution in [1.82, 2.24) is 5.32 Å². The Hall–Kier alpha value is -0.870. The lowest BCUT2D eigenvalue weighted by atomic mass is 10.2. The van der Waals surface area contributed by atoms with Crippen LogP contribution in [0, 0.1) is 0 Å². The highest BCUT2D eigenvalue weighted by molar-refractivity contribution is 8.24. The van der Waals surface area contributed by atoms with Gasteiger partial charge in [0.15, 0.2) is 0 Å². The van der Waals surface area contributed by atoms with Gasteiger partial charge < -0.3 is 5.32 Å². The lowest BCUT2D eigenvalue weighted by Crippen LogP contribution is -2.19. The first-order valence-corrected chi connectivity index (χ1v) is 5.75. The molecule has 0 amide bonds. The largest absolute Gasteiger partial charge is 0.329 e. The van der Waals surface area contributed by atoms with Crippen molar-refractivity contribution in [3.05, 3.63) is 35.9 Å². The standard InChI is InChI=1S/C10H10N2S2/c13-10-12-9(7-14-10)11-6-8-4-2-1-3-5-8/h1-5H,6-7H2,(H,11,12,13). The summed E-state index contributed by atoms with van der Waals surface area (Å²) in [7, 11) is 0. The Kier molecular flexibility index (Phi) is 3.16. The third-order valence-corrected chi connectivity index (χ3v) is 3.12. The van der Waals surface area contributed by atoms with Crippen LogP contribution < -0.4 is 5.32 Å². The number of thiocarbonyl (C=S) groups is 1. The maximum absolute atomic E-state index is 5.00. The minimum atomic E-state index is 0.729. The summed E-state index contributed by atoms with van der Waals surface area (Å²) in [5.41, 5.74) is 1.23. The summed E-state index contributed by atoms with van der Waals surface area (Å²) in [4.78, 5) is 4.44. The number of hydrogen-bond acceptors (Lipinski definition) is 3. The van der Waals surface area contributed by atoms with E-state index >= 15 is 0 Å². The van der Waals surface area contributed by atoms with E-state index in [9.17, 15) is 0 Å². The first kappa shape index (κ1) is 9.68. The number of aliphatic imine (C=N–C) groups is 1. The summed E-state index contributed by atoms with van der Waals surface area (Å²) >= 11 is 6.63. The highest BCUT2D eigenvalue weighted by Gasteiger charge is 2.11. The Balaban J connectivity index is 1.97. The molecule has 0 aromatic heterocycles. The maximum Gasteiger partial charge on any atom is 0.139 e. The molecule has 1 N–H and O–H groups in total. The van der Waals surface area contributed by atoms with Crippen LogP contribution in [-0.2, 0) is 6.54 Å². The van der Waals surface area contributed by atoms with Gasteiger partial charge in [-0.3, -0.25) is 4.99 Å². The molecule has 14 heavy (non-hydrogen) atoms. The van der Waals surface area contributed by atoms with Crippen LogP contribution in [-0.4, -0.2) is 15.9 Å². The molecule has 2 nitrogen and oxygen atoms in total. The van der Waals surface area contributed by atoms with Crippen molar-refractivity contribution in [1.29, 1.82) is 0 Å². The summed E-state index contributed by atoms with van der Waals surface area (Å²) in [6, 6.07) is 10.2. The number of thioether (sulfide) groups is 1. The predicted molar refractivity (Wildman–Crippen MR) is 65.8 cm³/mol. The molecule has 0 aliphatic carbocycles. The van der Waals surface area contributed by atoms with E-state index in [-0.39, 0.29) is 0 Å². The van der Waals surface area contributed by atoms with Gasteiger partial charge in [-0.1, -0.05) is 54.3 Å². The molecule has 0 atom stereocenters. The lowest BCUT2D eigenvalue weighted by molar-refractivity contribution is 1.05. The second kappa shape index (κ2) is 4.57. The minimum Gasteiger partial charge on any atom is -0.329 e. The van der Waals surface area contributed by atoms with Crippen molar-refractivity contribution < 1.29 is 0 Å². The number of benzene rings is 1. The van der Waals surface area contributed by atoms with E-state index in [4.69, 9.17) is 12.2 Å². The maximum atomic E-state index is 5.00. The highest BCUT2D eigenvalue weighted by Crippen LogP contribution is 2.10. The van der Waals surface area contributed by atoms with Crippen LogP contribution in [0.3, 0.4) is 0 Å². The molecule has 0 spiro atoms. The number of rotatable bonds is 2. The van der Waals surface area contributed by atoms with Crippen molar-refractivity contribution in [2.45, 2.75) is 6.54 Å². The van der Waals surface area contributed by atoms with E-state index in [0.717, 1.165) is 22.5 Å². The fourth-order valence-electron chi connectivity index (χ4n) is 1.18. The van der Waals surface area contributed by atoms with E-state index in [2.05, 4.69) is 22.4 Å². The average Bonchev–Trinajstić information content (AvgIpc) is 2.63. The van der Waals surface area contributed by atoms with E-state index in [0.29, 0.717) is 0 Å². The Labute approximate surface area is 92.8 Å². The first-order valence-electron chi connectivity index (χ1n) is 4.35. The molecule has 1 fully saturated rings. The van der Waals surface area contributed by atoms with Gasteiger partial charge in [-0.05, 0) is 5.56 Å². The molecular weight excluding hydrogens is 212 g/mol.